The molecule has 1 aromatic rings. The Morgan fingerprint density at radius 2 is 1.65 bits per heavy atom. The van der Waals surface area contributed by atoms with Crippen LogP contribution in [0, 0.1) is 0 Å². The van der Waals surface area contributed by atoms with Crippen molar-refractivity contribution in [1.29, 1.82) is 0 Å². The summed E-state index contributed by atoms with van der Waals surface area (Å²) in [6.07, 6.45) is -0.178. The molecule has 130 valence electrons. The van der Waals surface area contributed by atoms with E-state index < -0.39 is 26.8 Å². The molecule has 23 heavy (non-hydrogen) atoms. The minimum atomic E-state index is -4.46. The van der Waals surface area contributed by atoms with Gasteiger partial charge in [-0.2, -0.15) is 8.78 Å². The Kier molecular flexibility index (Phi) is 7.84. The van der Waals surface area contributed by atoms with Gasteiger partial charge in [0.1, 0.15) is 0 Å². The highest BCUT2D eigenvalue weighted by Crippen LogP contribution is 2.63. The van der Waals surface area contributed by atoms with Crippen LogP contribution >= 0.6 is 7.60 Å². The number of hydrogen-bond acceptors (Lipinski definition) is 5. The lowest BCUT2D eigenvalue weighted by Crippen LogP contribution is -2.29. The number of halogens is 2. The molecule has 0 fully saturated rings. The summed E-state index contributed by atoms with van der Waals surface area (Å²) in [6, 6.07) is 6.31. The summed E-state index contributed by atoms with van der Waals surface area (Å²) >= 11 is 0. The van der Waals surface area contributed by atoms with Gasteiger partial charge in [-0.25, -0.2) is 0 Å². The molecule has 0 unspecified atom stereocenters. The van der Waals surface area contributed by atoms with Crippen LogP contribution in [0.5, 0.6) is 0 Å². The van der Waals surface area contributed by atoms with E-state index in [1.807, 2.05) is 0 Å². The predicted molar refractivity (Wildman–Crippen MR) is 85.0 cm³/mol. The zero-order valence-electron chi connectivity index (χ0n) is 13.2. The Balaban J connectivity index is 2.63. The number of alkyl halides is 2. The van der Waals surface area contributed by atoms with E-state index >= 15 is 0 Å². The van der Waals surface area contributed by atoms with Gasteiger partial charge in [0.05, 0.1) is 13.2 Å². The molecular weight excluding hydrogens is 328 g/mol. The summed E-state index contributed by atoms with van der Waals surface area (Å²) in [5.74, 6) is 0. The molecule has 0 saturated heterocycles. The smallest absolute Gasteiger partial charge is 0.423 e. The monoisotopic (exact) mass is 350 g/mol. The molecule has 0 atom stereocenters. The molecule has 0 aliphatic carbocycles. The number of hydrogen-bond donors (Lipinski definition) is 2. The molecule has 0 saturated carbocycles. The molecule has 9 heteroatoms. The molecule has 0 aliphatic rings. The zero-order chi connectivity index (χ0) is 17.5. The quantitative estimate of drug-likeness (QED) is 0.501. The molecule has 0 aromatic heterocycles. The van der Waals surface area contributed by atoms with E-state index in [2.05, 4.69) is 0 Å². The first-order chi connectivity index (χ1) is 10.8. The summed E-state index contributed by atoms with van der Waals surface area (Å²) in [5.41, 5.74) is -2.44. The van der Waals surface area contributed by atoms with E-state index in [1.165, 1.54) is 26.0 Å². The van der Waals surface area contributed by atoms with Crippen molar-refractivity contribution in [3.8, 4) is 0 Å². The number of benzene rings is 1. The van der Waals surface area contributed by atoms with E-state index in [1.54, 1.807) is 12.1 Å². The average molecular weight is 350 g/mol. The minimum absolute atomic E-state index is 0.0954. The maximum absolute atomic E-state index is 14.1. The van der Waals surface area contributed by atoms with Crippen molar-refractivity contribution in [2.45, 2.75) is 38.8 Å². The molecule has 5 nitrogen and oxygen atoms in total. The first-order valence-corrected chi connectivity index (χ1v) is 9.02. The second kappa shape index (κ2) is 8.90. The Hall–Kier alpha value is -0.785. The van der Waals surface area contributed by atoms with Crippen LogP contribution in [0.15, 0.2) is 24.3 Å². The lowest BCUT2D eigenvalue weighted by atomic mass is 9.80. The molecule has 0 amide bonds. The number of aryl methyl sites for hydroxylation is 1. The van der Waals surface area contributed by atoms with Crippen LogP contribution in [0.1, 0.15) is 32.3 Å². The standard InChI is InChI=1S/C14H22BF2O5P/c1-3-21-23(20,22-4-2)14(16,17)11-5-6-12-7-9-13(10-8-12)15(18)19/h7-10,18-19H,3-6,11H2,1-2H3. The van der Waals surface area contributed by atoms with E-state index in [9.17, 15) is 13.3 Å². The topological polar surface area (TPSA) is 76.0 Å². The van der Waals surface area contributed by atoms with Crippen LogP contribution < -0.4 is 5.46 Å². The molecule has 0 spiro atoms. The Morgan fingerprint density at radius 1 is 1.13 bits per heavy atom. The largest absolute Gasteiger partial charge is 0.488 e. The minimum Gasteiger partial charge on any atom is -0.423 e. The molecule has 0 radical (unpaired) electrons. The third-order valence-corrected chi connectivity index (χ3v) is 5.44. The van der Waals surface area contributed by atoms with E-state index in [-0.39, 0.29) is 19.6 Å². The molecule has 0 aliphatic heterocycles. The van der Waals surface area contributed by atoms with E-state index in [4.69, 9.17) is 19.1 Å². The highest BCUT2D eigenvalue weighted by molar-refractivity contribution is 7.55. The van der Waals surface area contributed by atoms with Crippen molar-refractivity contribution in [3.63, 3.8) is 0 Å². The van der Waals surface area contributed by atoms with Gasteiger partial charge in [-0.1, -0.05) is 24.3 Å². The van der Waals surface area contributed by atoms with Crippen LogP contribution in [0.4, 0.5) is 8.78 Å². The average Bonchev–Trinajstić information content (AvgIpc) is 2.48. The second-order valence-corrected chi connectivity index (χ2v) is 7.13. The van der Waals surface area contributed by atoms with Gasteiger partial charge in [0.25, 0.3) is 0 Å². The van der Waals surface area contributed by atoms with Crippen LogP contribution in [-0.2, 0) is 20.0 Å². The van der Waals surface area contributed by atoms with Gasteiger partial charge in [-0.15, -0.1) is 0 Å². The Labute approximate surface area is 135 Å². The van der Waals surface area contributed by atoms with Crippen molar-refractivity contribution in [2.24, 2.45) is 0 Å². The summed E-state index contributed by atoms with van der Waals surface area (Å²) in [4.78, 5) is 0. The number of rotatable bonds is 10. The highest BCUT2D eigenvalue weighted by Gasteiger charge is 2.52. The molecule has 1 rings (SSSR count). The Bertz CT molecular complexity index is 514. The van der Waals surface area contributed by atoms with Gasteiger partial charge in [-0.05, 0) is 37.7 Å². The fourth-order valence-electron chi connectivity index (χ4n) is 2.06. The lowest BCUT2D eigenvalue weighted by Gasteiger charge is -2.25. The van der Waals surface area contributed by atoms with Gasteiger partial charge in [0, 0.05) is 6.42 Å². The predicted octanol–water partition coefficient (Wildman–Crippen LogP) is 2.55. The van der Waals surface area contributed by atoms with Crippen LogP contribution in [0.3, 0.4) is 0 Å². The van der Waals surface area contributed by atoms with Crippen molar-refractivity contribution < 1.29 is 32.4 Å². The zero-order valence-corrected chi connectivity index (χ0v) is 14.1. The van der Waals surface area contributed by atoms with Crippen LogP contribution in [-0.4, -0.2) is 36.0 Å². The molecule has 0 heterocycles. The lowest BCUT2D eigenvalue weighted by molar-refractivity contribution is 0.0301. The summed E-state index contributed by atoms with van der Waals surface area (Å²) < 4.78 is 49.8. The highest BCUT2D eigenvalue weighted by atomic mass is 31.2. The van der Waals surface area contributed by atoms with Crippen molar-refractivity contribution in [3.05, 3.63) is 29.8 Å². The third kappa shape index (κ3) is 5.66. The maximum atomic E-state index is 14.1. The van der Waals surface area contributed by atoms with Gasteiger partial charge < -0.3 is 19.1 Å². The normalized spacial score (nSPS) is 12.4. The fourth-order valence-corrected chi connectivity index (χ4v) is 3.63. The van der Waals surface area contributed by atoms with Gasteiger partial charge in [0.15, 0.2) is 0 Å². The SMILES string of the molecule is CCOP(=O)(OCC)C(F)(F)CCCc1ccc(B(O)O)cc1. The first-order valence-electron chi connectivity index (χ1n) is 7.47. The summed E-state index contributed by atoms with van der Waals surface area (Å²) in [6.45, 7) is 2.74. The van der Waals surface area contributed by atoms with Gasteiger partial charge >= 0.3 is 20.4 Å². The second-order valence-electron chi connectivity index (χ2n) is 4.97. The van der Waals surface area contributed by atoms with E-state index in [0.29, 0.717) is 11.9 Å². The molecular formula is C14H22BF2O5P. The van der Waals surface area contributed by atoms with Gasteiger partial charge in [-0.3, -0.25) is 4.57 Å². The van der Waals surface area contributed by atoms with Crippen molar-refractivity contribution in [2.75, 3.05) is 13.2 Å². The summed E-state index contributed by atoms with van der Waals surface area (Å²) in [5, 5.41) is 18.0. The maximum Gasteiger partial charge on any atom is 0.488 e. The van der Waals surface area contributed by atoms with Gasteiger partial charge in [0.2, 0.25) is 0 Å². The first kappa shape index (κ1) is 20.3. The molecule has 2 N–H and O–H groups in total. The van der Waals surface area contributed by atoms with Crippen LogP contribution in [0.2, 0.25) is 0 Å². The fraction of sp³-hybridized carbons (Fsp3) is 0.571. The molecule has 1 aromatic carbocycles. The Morgan fingerprint density at radius 3 is 2.09 bits per heavy atom. The van der Waals surface area contributed by atoms with Crippen LogP contribution in [0.25, 0.3) is 0 Å². The third-order valence-electron chi connectivity index (χ3n) is 3.22. The summed E-state index contributed by atoms with van der Waals surface area (Å²) in [7, 11) is -6.02. The molecule has 0 bridgehead atoms. The van der Waals surface area contributed by atoms with Crippen molar-refractivity contribution >= 4 is 20.2 Å². The van der Waals surface area contributed by atoms with Crippen molar-refractivity contribution in [1.82, 2.24) is 0 Å². The van der Waals surface area contributed by atoms with E-state index in [0.717, 1.165) is 5.56 Å².